The standard InChI is InChI=1S/C10H19NO/c1-7(2)11-5-8-3-4-9(6-11)10(8)12/h7-10,12H,3-6H2,1-2H3/t8-,9-/m0/s1. The van der Waals surface area contributed by atoms with Gasteiger partial charge in [-0.15, -0.1) is 0 Å². The van der Waals surface area contributed by atoms with Crippen LogP contribution in [0.2, 0.25) is 0 Å². The molecular weight excluding hydrogens is 150 g/mol. The predicted molar refractivity (Wildman–Crippen MR) is 48.9 cm³/mol. The van der Waals surface area contributed by atoms with E-state index in [1.165, 1.54) is 12.8 Å². The molecule has 1 saturated heterocycles. The van der Waals surface area contributed by atoms with Crippen molar-refractivity contribution in [1.82, 2.24) is 4.90 Å². The van der Waals surface area contributed by atoms with Gasteiger partial charge in [0.2, 0.25) is 0 Å². The van der Waals surface area contributed by atoms with E-state index in [1.807, 2.05) is 0 Å². The van der Waals surface area contributed by atoms with Crippen molar-refractivity contribution in [3.63, 3.8) is 0 Å². The molecule has 1 aliphatic heterocycles. The molecule has 0 spiro atoms. The van der Waals surface area contributed by atoms with Gasteiger partial charge in [0, 0.05) is 19.1 Å². The van der Waals surface area contributed by atoms with Crippen LogP contribution in [0.5, 0.6) is 0 Å². The first kappa shape index (κ1) is 8.52. The van der Waals surface area contributed by atoms with Gasteiger partial charge in [-0.3, -0.25) is 0 Å². The van der Waals surface area contributed by atoms with Gasteiger partial charge in [0.05, 0.1) is 6.10 Å². The van der Waals surface area contributed by atoms with Crippen LogP contribution in [-0.4, -0.2) is 35.2 Å². The molecule has 1 aliphatic carbocycles. The zero-order valence-corrected chi connectivity index (χ0v) is 8.03. The maximum Gasteiger partial charge on any atom is 0.0620 e. The topological polar surface area (TPSA) is 23.5 Å². The molecule has 12 heavy (non-hydrogen) atoms. The lowest BCUT2D eigenvalue weighted by atomic mass is 9.94. The largest absolute Gasteiger partial charge is 0.392 e. The van der Waals surface area contributed by atoms with Crippen molar-refractivity contribution in [3.05, 3.63) is 0 Å². The SMILES string of the molecule is CC(C)N1C[C@@H]2CC[C@@H](C1)C2O. The average molecular weight is 169 g/mol. The molecule has 2 aliphatic rings. The van der Waals surface area contributed by atoms with Crippen LogP contribution in [0, 0.1) is 11.8 Å². The number of aliphatic hydroxyl groups excluding tert-OH is 1. The van der Waals surface area contributed by atoms with Crippen molar-refractivity contribution < 1.29 is 5.11 Å². The summed E-state index contributed by atoms with van der Waals surface area (Å²) in [5.74, 6) is 1.15. The minimum atomic E-state index is 0.0139. The van der Waals surface area contributed by atoms with E-state index in [0.717, 1.165) is 13.1 Å². The molecule has 2 fully saturated rings. The van der Waals surface area contributed by atoms with Gasteiger partial charge < -0.3 is 10.0 Å². The van der Waals surface area contributed by atoms with E-state index < -0.39 is 0 Å². The molecule has 0 unspecified atom stereocenters. The Bertz CT molecular complexity index is 155. The zero-order chi connectivity index (χ0) is 8.72. The quantitative estimate of drug-likeness (QED) is 0.635. The minimum absolute atomic E-state index is 0.0139. The molecule has 0 amide bonds. The summed E-state index contributed by atoms with van der Waals surface area (Å²) in [6, 6.07) is 0.653. The van der Waals surface area contributed by atoms with Crippen molar-refractivity contribution in [2.45, 2.75) is 38.8 Å². The molecule has 0 aromatic carbocycles. The first-order valence-electron chi connectivity index (χ1n) is 5.10. The maximum atomic E-state index is 9.78. The smallest absolute Gasteiger partial charge is 0.0620 e. The zero-order valence-electron chi connectivity index (χ0n) is 8.03. The van der Waals surface area contributed by atoms with E-state index in [0.29, 0.717) is 17.9 Å². The van der Waals surface area contributed by atoms with Crippen LogP contribution in [-0.2, 0) is 0 Å². The van der Waals surface area contributed by atoms with Gasteiger partial charge in [-0.25, -0.2) is 0 Å². The number of fused-ring (bicyclic) bond motifs is 2. The molecule has 0 radical (unpaired) electrons. The third kappa shape index (κ3) is 1.27. The van der Waals surface area contributed by atoms with Gasteiger partial charge >= 0.3 is 0 Å². The summed E-state index contributed by atoms with van der Waals surface area (Å²) >= 11 is 0. The summed E-state index contributed by atoms with van der Waals surface area (Å²) in [6.45, 7) is 6.74. The number of piperidine rings is 1. The van der Waals surface area contributed by atoms with Gasteiger partial charge in [0.25, 0.3) is 0 Å². The van der Waals surface area contributed by atoms with Gasteiger partial charge in [0.1, 0.15) is 0 Å². The normalized spacial score (nSPS) is 42.5. The molecular formula is C10H19NO. The third-order valence-corrected chi connectivity index (χ3v) is 3.54. The Labute approximate surface area is 74.6 Å². The lowest BCUT2D eigenvalue weighted by Crippen LogP contribution is -2.47. The molecule has 2 heteroatoms. The highest BCUT2D eigenvalue weighted by Gasteiger charge is 2.41. The second-order valence-electron chi connectivity index (χ2n) is 4.64. The van der Waals surface area contributed by atoms with E-state index in [1.54, 1.807) is 0 Å². The fourth-order valence-corrected chi connectivity index (χ4v) is 2.65. The van der Waals surface area contributed by atoms with E-state index in [2.05, 4.69) is 18.7 Å². The summed E-state index contributed by atoms with van der Waals surface area (Å²) in [7, 11) is 0. The van der Waals surface area contributed by atoms with Crippen LogP contribution >= 0.6 is 0 Å². The highest BCUT2D eigenvalue weighted by molar-refractivity contribution is 4.93. The van der Waals surface area contributed by atoms with Gasteiger partial charge in [-0.2, -0.15) is 0 Å². The molecule has 2 rings (SSSR count). The summed E-state index contributed by atoms with van der Waals surface area (Å²) in [5, 5.41) is 9.78. The molecule has 1 saturated carbocycles. The highest BCUT2D eigenvalue weighted by atomic mass is 16.3. The first-order chi connectivity index (χ1) is 5.68. The predicted octanol–water partition coefficient (Wildman–Crippen LogP) is 1.10. The Hall–Kier alpha value is -0.0800. The minimum Gasteiger partial charge on any atom is -0.392 e. The Morgan fingerprint density at radius 1 is 1.17 bits per heavy atom. The molecule has 0 aromatic rings. The second kappa shape index (κ2) is 3.00. The van der Waals surface area contributed by atoms with E-state index in [4.69, 9.17) is 0 Å². The monoisotopic (exact) mass is 169 g/mol. The van der Waals surface area contributed by atoms with E-state index in [9.17, 15) is 5.11 Å². The van der Waals surface area contributed by atoms with Crippen LogP contribution in [0.15, 0.2) is 0 Å². The van der Waals surface area contributed by atoms with Crippen molar-refractivity contribution in [2.75, 3.05) is 13.1 Å². The summed E-state index contributed by atoms with van der Waals surface area (Å²) in [5.41, 5.74) is 0. The highest BCUT2D eigenvalue weighted by Crippen LogP contribution is 2.37. The third-order valence-electron chi connectivity index (χ3n) is 3.54. The first-order valence-corrected chi connectivity index (χ1v) is 5.10. The van der Waals surface area contributed by atoms with Crippen molar-refractivity contribution in [2.24, 2.45) is 11.8 Å². The molecule has 1 N–H and O–H groups in total. The molecule has 0 aromatic heterocycles. The van der Waals surface area contributed by atoms with Gasteiger partial charge in [-0.1, -0.05) is 0 Å². The van der Waals surface area contributed by atoms with Gasteiger partial charge in [0.15, 0.2) is 0 Å². The number of aliphatic hydroxyl groups is 1. The van der Waals surface area contributed by atoms with Crippen LogP contribution in [0.3, 0.4) is 0 Å². The number of likely N-dealkylation sites (tertiary alicyclic amines) is 1. The van der Waals surface area contributed by atoms with Crippen molar-refractivity contribution in [1.29, 1.82) is 0 Å². The number of nitrogens with zero attached hydrogens (tertiary/aromatic N) is 1. The fourth-order valence-electron chi connectivity index (χ4n) is 2.65. The maximum absolute atomic E-state index is 9.78. The lowest BCUT2D eigenvalue weighted by molar-refractivity contribution is 0.00571. The van der Waals surface area contributed by atoms with E-state index >= 15 is 0 Å². The summed E-state index contributed by atoms with van der Waals surface area (Å²) < 4.78 is 0. The number of hydrogen-bond donors (Lipinski definition) is 1. The van der Waals surface area contributed by atoms with Crippen LogP contribution in [0.1, 0.15) is 26.7 Å². The Morgan fingerprint density at radius 3 is 2.08 bits per heavy atom. The Kier molecular flexibility index (Phi) is 2.13. The Morgan fingerprint density at radius 2 is 1.67 bits per heavy atom. The molecule has 2 nitrogen and oxygen atoms in total. The van der Waals surface area contributed by atoms with Gasteiger partial charge in [-0.05, 0) is 38.5 Å². The van der Waals surface area contributed by atoms with Crippen LogP contribution in [0.4, 0.5) is 0 Å². The molecule has 70 valence electrons. The summed E-state index contributed by atoms with van der Waals surface area (Å²) in [4.78, 5) is 2.51. The van der Waals surface area contributed by atoms with Crippen LogP contribution in [0.25, 0.3) is 0 Å². The lowest BCUT2D eigenvalue weighted by Gasteiger charge is -2.37. The summed E-state index contributed by atoms with van der Waals surface area (Å²) in [6.07, 6.45) is 2.50. The average Bonchev–Trinajstić information content (AvgIpc) is 2.30. The molecule has 1 heterocycles. The van der Waals surface area contributed by atoms with E-state index in [-0.39, 0.29) is 6.10 Å². The van der Waals surface area contributed by atoms with Crippen molar-refractivity contribution in [3.8, 4) is 0 Å². The second-order valence-corrected chi connectivity index (χ2v) is 4.64. The molecule has 2 bridgehead atoms. The van der Waals surface area contributed by atoms with Crippen molar-refractivity contribution >= 4 is 0 Å². The van der Waals surface area contributed by atoms with Crippen LogP contribution < -0.4 is 0 Å². The number of rotatable bonds is 1. The Balaban J connectivity index is 2.02. The molecule has 2 atom stereocenters. The number of hydrogen-bond acceptors (Lipinski definition) is 2. The fraction of sp³-hybridized carbons (Fsp3) is 1.00.